The van der Waals surface area contributed by atoms with Crippen LogP contribution in [0.3, 0.4) is 0 Å². The first-order valence-corrected chi connectivity index (χ1v) is 7.24. The molecule has 0 N–H and O–H groups in total. The van der Waals surface area contributed by atoms with Gasteiger partial charge in [-0.3, -0.25) is 0 Å². The van der Waals surface area contributed by atoms with Gasteiger partial charge in [0.25, 0.3) is 0 Å². The Morgan fingerprint density at radius 3 is 2.11 bits per heavy atom. The molecule has 1 rings (SSSR count). The van der Waals surface area contributed by atoms with Gasteiger partial charge in [0.15, 0.2) is 0 Å². The highest BCUT2D eigenvalue weighted by molar-refractivity contribution is 5.27. The number of hydrogen-bond acceptors (Lipinski definition) is 0. The van der Waals surface area contributed by atoms with Crippen molar-refractivity contribution < 1.29 is 0 Å². The summed E-state index contributed by atoms with van der Waals surface area (Å²) in [6.45, 7) is 10.6. The summed E-state index contributed by atoms with van der Waals surface area (Å²) >= 11 is 0. The van der Waals surface area contributed by atoms with E-state index in [1.807, 2.05) is 6.08 Å². The van der Waals surface area contributed by atoms with Gasteiger partial charge in [-0.15, -0.1) is 6.58 Å². The van der Waals surface area contributed by atoms with E-state index in [0.29, 0.717) is 0 Å². The molecule has 0 amide bonds. The summed E-state index contributed by atoms with van der Waals surface area (Å²) in [5.41, 5.74) is 3.17. The molecular weight excluding hydrogens is 216 g/mol. The van der Waals surface area contributed by atoms with Gasteiger partial charge < -0.3 is 0 Å². The van der Waals surface area contributed by atoms with Crippen molar-refractivity contribution in [1.29, 1.82) is 0 Å². The lowest BCUT2D eigenvalue weighted by atomic mass is 9.86. The van der Waals surface area contributed by atoms with Crippen LogP contribution < -0.4 is 0 Å². The van der Waals surface area contributed by atoms with E-state index in [2.05, 4.69) is 51.6 Å². The maximum atomic E-state index is 3.75. The third-order valence-corrected chi connectivity index (χ3v) is 3.44. The molecule has 1 aromatic rings. The van der Waals surface area contributed by atoms with Crippen LogP contribution >= 0.6 is 0 Å². The molecule has 0 bridgehead atoms. The van der Waals surface area contributed by atoms with Crippen LogP contribution in [0.15, 0.2) is 36.9 Å². The largest absolute Gasteiger partial charge is 0.103 e. The standard InChI is InChI=1S/C18H28/c1-5-6-7-8-9-10-11-16-12-14-17(15-13-16)18(2,3)4/h5,12-15H,1,6-11H2,2-4H3. The second kappa shape index (κ2) is 7.41. The summed E-state index contributed by atoms with van der Waals surface area (Å²) < 4.78 is 0. The third kappa shape index (κ3) is 5.53. The van der Waals surface area contributed by atoms with Crippen LogP contribution in [0.4, 0.5) is 0 Å². The molecule has 0 nitrogen and oxygen atoms in total. The highest BCUT2D eigenvalue weighted by atomic mass is 14.2. The molecule has 0 radical (unpaired) electrons. The van der Waals surface area contributed by atoms with Crippen LogP contribution in [-0.2, 0) is 11.8 Å². The first-order valence-electron chi connectivity index (χ1n) is 7.24. The molecule has 0 spiro atoms. The van der Waals surface area contributed by atoms with Crippen molar-refractivity contribution in [3.05, 3.63) is 48.0 Å². The van der Waals surface area contributed by atoms with Crippen molar-refractivity contribution >= 4 is 0 Å². The fraction of sp³-hybridized carbons (Fsp3) is 0.556. The van der Waals surface area contributed by atoms with Gasteiger partial charge in [-0.25, -0.2) is 0 Å². The first kappa shape index (κ1) is 15.0. The topological polar surface area (TPSA) is 0 Å². The summed E-state index contributed by atoms with van der Waals surface area (Å²) in [6.07, 6.45) is 9.70. The number of aryl methyl sites for hydroxylation is 1. The predicted molar refractivity (Wildman–Crippen MR) is 82.1 cm³/mol. The summed E-state index contributed by atoms with van der Waals surface area (Å²) in [7, 11) is 0. The van der Waals surface area contributed by atoms with Crippen LogP contribution in [0, 0.1) is 0 Å². The Morgan fingerprint density at radius 2 is 1.56 bits per heavy atom. The maximum Gasteiger partial charge on any atom is -0.0132 e. The van der Waals surface area contributed by atoms with Gasteiger partial charge in [-0.2, -0.15) is 0 Å². The molecule has 0 saturated heterocycles. The van der Waals surface area contributed by atoms with E-state index in [-0.39, 0.29) is 5.41 Å². The molecule has 0 fully saturated rings. The van der Waals surface area contributed by atoms with E-state index in [1.54, 1.807) is 0 Å². The maximum absolute atomic E-state index is 3.75. The first-order chi connectivity index (χ1) is 8.54. The van der Waals surface area contributed by atoms with Crippen molar-refractivity contribution in [2.75, 3.05) is 0 Å². The van der Waals surface area contributed by atoms with Crippen LogP contribution in [-0.4, -0.2) is 0 Å². The third-order valence-electron chi connectivity index (χ3n) is 3.44. The molecule has 0 aromatic heterocycles. The lowest BCUT2D eigenvalue weighted by molar-refractivity contribution is 0.589. The average Bonchev–Trinajstić information content (AvgIpc) is 2.33. The Labute approximate surface area is 113 Å². The summed E-state index contributed by atoms with van der Waals surface area (Å²) in [5.74, 6) is 0. The average molecular weight is 244 g/mol. The molecule has 0 atom stereocenters. The Bertz CT molecular complexity index is 337. The molecular formula is C18H28. The van der Waals surface area contributed by atoms with Crippen molar-refractivity contribution in [2.24, 2.45) is 0 Å². The van der Waals surface area contributed by atoms with Gasteiger partial charge in [-0.05, 0) is 42.2 Å². The molecule has 18 heavy (non-hydrogen) atoms. The van der Waals surface area contributed by atoms with Gasteiger partial charge in [-0.1, -0.05) is 64.0 Å². The number of benzene rings is 1. The number of rotatable bonds is 7. The molecule has 0 aliphatic rings. The van der Waals surface area contributed by atoms with Gasteiger partial charge in [0.05, 0.1) is 0 Å². The summed E-state index contributed by atoms with van der Waals surface area (Å²) in [5, 5.41) is 0. The van der Waals surface area contributed by atoms with E-state index in [9.17, 15) is 0 Å². The Balaban J connectivity index is 2.29. The minimum absolute atomic E-state index is 0.267. The number of allylic oxidation sites excluding steroid dienone is 1. The zero-order chi connectivity index (χ0) is 13.4. The molecule has 0 saturated carbocycles. The Hall–Kier alpha value is -1.04. The summed E-state index contributed by atoms with van der Waals surface area (Å²) in [6, 6.07) is 9.16. The lowest BCUT2D eigenvalue weighted by Gasteiger charge is -2.19. The molecule has 1 aromatic carbocycles. The van der Waals surface area contributed by atoms with E-state index in [0.717, 1.165) is 0 Å². The van der Waals surface area contributed by atoms with Gasteiger partial charge in [0.1, 0.15) is 0 Å². The van der Waals surface area contributed by atoms with Crippen molar-refractivity contribution in [2.45, 2.75) is 64.7 Å². The molecule has 100 valence electrons. The van der Waals surface area contributed by atoms with Gasteiger partial charge >= 0.3 is 0 Å². The Morgan fingerprint density at radius 1 is 0.944 bits per heavy atom. The second-order valence-electron chi connectivity index (χ2n) is 6.19. The van der Waals surface area contributed by atoms with Crippen LogP contribution in [0.1, 0.15) is 64.0 Å². The predicted octanol–water partition coefficient (Wildman–Crippen LogP) is 5.66. The molecule has 0 heterocycles. The Kier molecular flexibility index (Phi) is 6.18. The van der Waals surface area contributed by atoms with Crippen molar-refractivity contribution in [3.8, 4) is 0 Å². The highest BCUT2D eigenvalue weighted by Gasteiger charge is 2.12. The zero-order valence-corrected chi connectivity index (χ0v) is 12.3. The van der Waals surface area contributed by atoms with Crippen molar-refractivity contribution in [1.82, 2.24) is 0 Å². The zero-order valence-electron chi connectivity index (χ0n) is 12.3. The van der Waals surface area contributed by atoms with Crippen LogP contribution in [0.5, 0.6) is 0 Å². The quantitative estimate of drug-likeness (QED) is 0.428. The van der Waals surface area contributed by atoms with Crippen LogP contribution in [0.25, 0.3) is 0 Å². The van der Waals surface area contributed by atoms with E-state index >= 15 is 0 Å². The van der Waals surface area contributed by atoms with E-state index < -0.39 is 0 Å². The van der Waals surface area contributed by atoms with Gasteiger partial charge in [0.2, 0.25) is 0 Å². The fourth-order valence-corrected chi connectivity index (χ4v) is 2.14. The highest BCUT2D eigenvalue weighted by Crippen LogP contribution is 2.22. The lowest BCUT2D eigenvalue weighted by Crippen LogP contribution is -2.10. The molecule has 0 aliphatic carbocycles. The van der Waals surface area contributed by atoms with E-state index in [1.165, 1.54) is 49.7 Å². The summed E-state index contributed by atoms with van der Waals surface area (Å²) in [4.78, 5) is 0. The molecule has 0 heteroatoms. The number of unbranched alkanes of at least 4 members (excludes halogenated alkanes) is 4. The fourth-order valence-electron chi connectivity index (χ4n) is 2.14. The van der Waals surface area contributed by atoms with Crippen molar-refractivity contribution in [3.63, 3.8) is 0 Å². The van der Waals surface area contributed by atoms with E-state index in [4.69, 9.17) is 0 Å². The normalized spacial score (nSPS) is 11.5. The monoisotopic (exact) mass is 244 g/mol. The molecule has 0 unspecified atom stereocenters. The second-order valence-corrected chi connectivity index (χ2v) is 6.19. The smallest absolute Gasteiger partial charge is 0.0132 e. The minimum atomic E-state index is 0.267. The molecule has 0 aliphatic heterocycles. The minimum Gasteiger partial charge on any atom is -0.103 e. The van der Waals surface area contributed by atoms with Crippen LogP contribution in [0.2, 0.25) is 0 Å². The SMILES string of the molecule is C=CCCCCCCc1ccc(C(C)(C)C)cc1. The van der Waals surface area contributed by atoms with Gasteiger partial charge in [0, 0.05) is 0 Å². The number of hydrogen-bond donors (Lipinski definition) is 0.